The van der Waals surface area contributed by atoms with Crippen molar-refractivity contribution < 1.29 is 9.53 Å². The molecule has 0 radical (unpaired) electrons. The first-order valence-electron chi connectivity index (χ1n) is 9.61. The molecule has 27 heavy (non-hydrogen) atoms. The molecule has 0 saturated carbocycles. The molecule has 3 heterocycles. The van der Waals surface area contributed by atoms with Crippen molar-refractivity contribution in [2.24, 2.45) is 7.05 Å². The summed E-state index contributed by atoms with van der Waals surface area (Å²) in [6, 6.07) is 5.80. The predicted molar refractivity (Wildman–Crippen MR) is 102 cm³/mol. The second-order valence-corrected chi connectivity index (χ2v) is 7.78. The third-order valence-electron chi connectivity index (χ3n) is 5.47. The highest BCUT2D eigenvalue weighted by Gasteiger charge is 2.29. The van der Waals surface area contributed by atoms with Crippen molar-refractivity contribution in [3.63, 3.8) is 0 Å². The van der Waals surface area contributed by atoms with E-state index in [0.29, 0.717) is 13.2 Å². The number of nitrogens with zero attached hydrogens (tertiary/aromatic N) is 5. The van der Waals surface area contributed by atoms with Crippen molar-refractivity contribution in [2.75, 3.05) is 33.8 Å². The number of benzene rings is 1. The SMILES string of the molecule is CN(C)Cc1nnc([C@@H]2CCCN(C(=O)c3ccc4c(c3)CCO4)C2)n1C. The van der Waals surface area contributed by atoms with E-state index in [4.69, 9.17) is 4.74 Å². The van der Waals surface area contributed by atoms with Gasteiger partial charge in [-0.25, -0.2) is 0 Å². The molecule has 7 nitrogen and oxygen atoms in total. The van der Waals surface area contributed by atoms with Gasteiger partial charge in [0.1, 0.15) is 17.4 Å². The molecular formula is C20H27N5O2. The second kappa shape index (κ2) is 7.31. The monoisotopic (exact) mass is 369 g/mol. The first kappa shape index (κ1) is 18.0. The minimum absolute atomic E-state index is 0.102. The van der Waals surface area contributed by atoms with Crippen LogP contribution in [0.2, 0.25) is 0 Å². The van der Waals surface area contributed by atoms with Crippen LogP contribution in [0.3, 0.4) is 0 Å². The lowest BCUT2D eigenvalue weighted by Gasteiger charge is -2.32. The van der Waals surface area contributed by atoms with E-state index in [0.717, 1.165) is 60.9 Å². The highest BCUT2D eigenvalue weighted by Crippen LogP contribution is 2.29. The third-order valence-corrected chi connectivity index (χ3v) is 5.47. The fourth-order valence-electron chi connectivity index (χ4n) is 4.03. The van der Waals surface area contributed by atoms with Gasteiger partial charge < -0.3 is 19.1 Å². The lowest BCUT2D eigenvalue weighted by molar-refractivity contribution is 0.0703. The molecule has 1 amide bonds. The molecule has 1 saturated heterocycles. The first-order chi connectivity index (χ1) is 13.0. The molecule has 4 rings (SSSR count). The maximum Gasteiger partial charge on any atom is 0.253 e. The topological polar surface area (TPSA) is 63.5 Å². The van der Waals surface area contributed by atoms with Crippen molar-refractivity contribution in [1.82, 2.24) is 24.6 Å². The van der Waals surface area contributed by atoms with Crippen molar-refractivity contribution in [2.45, 2.75) is 31.7 Å². The number of hydrogen-bond acceptors (Lipinski definition) is 5. The summed E-state index contributed by atoms with van der Waals surface area (Å²) >= 11 is 0. The number of likely N-dealkylation sites (tertiary alicyclic amines) is 1. The highest BCUT2D eigenvalue weighted by molar-refractivity contribution is 5.94. The van der Waals surface area contributed by atoms with Crippen LogP contribution in [0.25, 0.3) is 0 Å². The Bertz CT molecular complexity index is 845. The summed E-state index contributed by atoms with van der Waals surface area (Å²) in [7, 11) is 6.07. The number of carbonyl (C=O) groups is 1. The van der Waals surface area contributed by atoms with Crippen LogP contribution in [0.5, 0.6) is 5.75 Å². The molecule has 7 heteroatoms. The number of rotatable bonds is 4. The molecule has 0 bridgehead atoms. The zero-order valence-corrected chi connectivity index (χ0v) is 16.3. The number of ether oxygens (including phenoxy) is 1. The van der Waals surface area contributed by atoms with Crippen LogP contribution in [0.4, 0.5) is 0 Å². The zero-order valence-electron chi connectivity index (χ0n) is 16.3. The van der Waals surface area contributed by atoms with E-state index in [1.807, 2.05) is 44.2 Å². The molecular weight excluding hydrogens is 342 g/mol. The van der Waals surface area contributed by atoms with E-state index in [2.05, 4.69) is 19.7 Å². The van der Waals surface area contributed by atoms with Gasteiger partial charge in [0.2, 0.25) is 0 Å². The van der Waals surface area contributed by atoms with Gasteiger partial charge in [0.15, 0.2) is 0 Å². The molecule has 1 aromatic carbocycles. The average Bonchev–Trinajstić information content (AvgIpc) is 3.27. The Morgan fingerprint density at radius 2 is 2.19 bits per heavy atom. The van der Waals surface area contributed by atoms with Crippen LogP contribution in [0.1, 0.15) is 46.3 Å². The summed E-state index contributed by atoms with van der Waals surface area (Å²) in [4.78, 5) is 17.1. The Balaban J connectivity index is 1.50. The third kappa shape index (κ3) is 3.56. The Morgan fingerprint density at radius 3 is 3.00 bits per heavy atom. The lowest BCUT2D eigenvalue weighted by atomic mass is 9.96. The van der Waals surface area contributed by atoms with Gasteiger partial charge >= 0.3 is 0 Å². The first-order valence-corrected chi connectivity index (χ1v) is 9.61. The van der Waals surface area contributed by atoms with Crippen molar-refractivity contribution in [1.29, 1.82) is 0 Å². The molecule has 0 unspecified atom stereocenters. The quantitative estimate of drug-likeness (QED) is 0.823. The molecule has 1 fully saturated rings. The predicted octanol–water partition coefficient (Wildman–Crippen LogP) is 1.83. The van der Waals surface area contributed by atoms with Gasteiger partial charge in [0, 0.05) is 38.0 Å². The van der Waals surface area contributed by atoms with Gasteiger partial charge in [-0.1, -0.05) is 0 Å². The lowest BCUT2D eigenvalue weighted by Crippen LogP contribution is -2.39. The normalized spacial score (nSPS) is 19.3. The molecule has 1 aromatic heterocycles. The number of aromatic nitrogens is 3. The van der Waals surface area contributed by atoms with Crippen LogP contribution in [0, 0.1) is 0 Å². The number of carbonyl (C=O) groups excluding carboxylic acids is 1. The van der Waals surface area contributed by atoms with Gasteiger partial charge in [-0.15, -0.1) is 10.2 Å². The van der Waals surface area contributed by atoms with Crippen LogP contribution in [-0.2, 0) is 20.0 Å². The van der Waals surface area contributed by atoms with E-state index < -0.39 is 0 Å². The summed E-state index contributed by atoms with van der Waals surface area (Å²) in [5, 5.41) is 8.79. The van der Waals surface area contributed by atoms with Gasteiger partial charge in [-0.05, 0) is 50.7 Å². The van der Waals surface area contributed by atoms with Gasteiger partial charge in [0.25, 0.3) is 5.91 Å². The van der Waals surface area contributed by atoms with Gasteiger partial charge in [-0.3, -0.25) is 4.79 Å². The Labute approximate surface area is 159 Å². The van der Waals surface area contributed by atoms with E-state index >= 15 is 0 Å². The van der Waals surface area contributed by atoms with E-state index in [1.165, 1.54) is 0 Å². The number of piperidine rings is 1. The minimum Gasteiger partial charge on any atom is -0.493 e. The van der Waals surface area contributed by atoms with E-state index in [-0.39, 0.29) is 11.8 Å². The molecule has 0 spiro atoms. The summed E-state index contributed by atoms with van der Waals surface area (Å²) in [6.45, 7) is 2.96. The molecule has 0 aliphatic carbocycles. The zero-order chi connectivity index (χ0) is 19.0. The van der Waals surface area contributed by atoms with Crippen molar-refractivity contribution >= 4 is 5.91 Å². The Hall–Kier alpha value is -2.41. The van der Waals surface area contributed by atoms with Crippen LogP contribution in [-0.4, -0.2) is 64.3 Å². The fraction of sp³-hybridized carbons (Fsp3) is 0.550. The smallest absolute Gasteiger partial charge is 0.253 e. The number of amides is 1. The molecule has 2 aliphatic rings. The van der Waals surface area contributed by atoms with Gasteiger partial charge in [0.05, 0.1) is 13.2 Å². The summed E-state index contributed by atoms with van der Waals surface area (Å²) in [5.74, 6) is 3.18. The van der Waals surface area contributed by atoms with Crippen molar-refractivity contribution in [3.8, 4) is 5.75 Å². The minimum atomic E-state index is 0.102. The molecule has 2 aliphatic heterocycles. The Morgan fingerprint density at radius 1 is 1.33 bits per heavy atom. The van der Waals surface area contributed by atoms with Crippen LogP contribution >= 0.6 is 0 Å². The van der Waals surface area contributed by atoms with E-state index in [9.17, 15) is 4.79 Å². The number of fused-ring (bicyclic) bond motifs is 1. The summed E-state index contributed by atoms with van der Waals surface area (Å²) in [6.07, 6.45) is 2.91. The highest BCUT2D eigenvalue weighted by atomic mass is 16.5. The van der Waals surface area contributed by atoms with Crippen LogP contribution < -0.4 is 4.74 Å². The second-order valence-electron chi connectivity index (χ2n) is 7.78. The maximum atomic E-state index is 13.0. The standard InChI is InChI=1S/C20H27N5O2/c1-23(2)13-18-21-22-19(24(18)3)16-5-4-9-25(12-16)20(26)15-6-7-17-14(11-15)8-10-27-17/h6-7,11,16H,4-5,8-10,12-13H2,1-3H3/t16-/m1/s1. The largest absolute Gasteiger partial charge is 0.493 e. The summed E-state index contributed by atoms with van der Waals surface area (Å²) < 4.78 is 7.64. The molecule has 2 aromatic rings. The average molecular weight is 369 g/mol. The molecule has 144 valence electrons. The van der Waals surface area contributed by atoms with Crippen molar-refractivity contribution in [3.05, 3.63) is 41.0 Å². The molecule has 1 atom stereocenters. The molecule has 0 N–H and O–H groups in total. The number of hydrogen-bond donors (Lipinski definition) is 0. The maximum absolute atomic E-state index is 13.0. The van der Waals surface area contributed by atoms with E-state index in [1.54, 1.807) is 0 Å². The van der Waals surface area contributed by atoms with Crippen LogP contribution in [0.15, 0.2) is 18.2 Å². The van der Waals surface area contributed by atoms with Gasteiger partial charge in [-0.2, -0.15) is 0 Å². The Kier molecular flexibility index (Phi) is 4.86. The fourth-order valence-corrected chi connectivity index (χ4v) is 4.03. The summed E-state index contributed by atoms with van der Waals surface area (Å²) in [5.41, 5.74) is 1.89.